The Morgan fingerprint density at radius 3 is 2.49 bits per heavy atom. The van der Waals surface area contributed by atoms with E-state index in [1.165, 1.54) is 0 Å². The summed E-state index contributed by atoms with van der Waals surface area (Å²) in [6, 6.07) is 20.2. The van der Waals surface area contributed by atoms with Gasteiger partial charge in [-0.05, 0) is 80.2 Å². The van der Waals surface area contributed by atoms with E-state index in [9.17, 15) is 4.79 Å². The number of para-hydroxylation sites is 2. The normalized spacial score (nSPS) is 11.2. The molecular weight excluding hydrogens is 538 g/mol. The van der Waals surface area contributed by atoms with E-state index >= 15 is 0 Å². The lowest BCUT2D eigenvalue weighted by Gasteiger charge is -2.18. The second-order valence-electron chi connectivity index (χ2n) is 9.63. The second-order valence-corrected chi connectivity index (χ2v) is 10.8. The van der Waals surface area contributed by atoms with E-state index in [1.54, 1.807) is 24.9 Å². The smallest absolute Gasteiger partial charge is 0.341 e. The molecular formula is C32H39N3O5S. The maximum Gasteiger partial charge on any atom is 0.341 e. The van der Waals surface area contributed by atoms with E-state index in [2.05, 4.69) is 47.6 Å². The minimum Gasteiger partial charge on any atom is -0.495 e. The molecule has 4 rings (SSSR count). The number of rotatable bonds is 16. The number of likely N-dealkylation sites (N-methyl/N-ethyl adjacent to an activating group) is 1. The van der Waals surface area contributed by atoms with Gasteiger partial charge in [-0.3, -0.25) is 0 Å². The molecule has 0 radical (unpaired) electrons. The van der Waals surface area contributed by atoms with Crippen LogP contribution in [0.4, 0.5) is 0 Å². The molecule has 0 saturated carbocycles. The summed E-state index contributed by atoms with van der Waals surface area (Å²) < 4.78 is 19.2. The van der Waals surface area contributed by atoms with Crippen molar-refractivity contribution >= 4 is 28.8 Å². The van der Waals surface area contributed by atoms with Gasteiger partial charge in [-0.15, -0.1) is 11.8 Å². The predicted molar refractivity (Wildman–Crippen MR) is 165 cm³/mol. The Balaban J connectivity index is 1.43. The third-order valence-electron chi connectivity index (χ3n) is 6.93. The molecule has 0 unspecified atom stereocenters. The van der Waals surface area contributed by atoms with Gasteiger partial charge in [0, 0.05) is 29.6 Å². The molecule has 0 saturated heterocycles. The Morgan fingerprint density at radius 2 is 1.78 bits per heavy atom. The van der Waals surface area contributed by atoms with Gasteiger partial charge in [-0.25, -0.2) is 9.78 Å². The van der Waals surface area contributed by atoms with Gasteiger partial charge >= 0.3 is 5.97 Å². The number of methoxy groups -OCH3 is 1. The van der Waals surface area contributed by atoms with Crippen LogP contribution in [0.1, 0.15) is 25.8 Å². The maximum atomic E-state index is 10.9. The molecule has 1 N–H and O–H groups in total. The molecule has 0 fully saturated rings. The first-order valence-electron chi connectivity index (χ1n) is 14.0. The summed E-state index contributed by atoms with van der Waals surface area (Å²) in [5.74, 6) is 2.86. The van der Waals surface area contributed by atoms with Crippen LogP contribution in [-0.4, -0.2) is 71.2 Å². The van der Waals surface area contributed by atoms with Crippen LogP contribution < -0.4 is 14.2 Å². The minimum atomic E-state index is -1.01. The lowest BCUT2D eigenvalue weighted by molar-refractivity contribution is -0.139. The Labute approximate surface area is 246 Å². The first kappa shape index (κ1) is 30.3. The van der Waals surface area contributed by atoms with Crippen molar-refractivity contribution in [3.8, 4) is 28.6 Å². The molecule has 0 aliphatic carbocycles. The summed E-state index contributed by atoms with van der Waals surface area (Å²) in [6.07, 6.45) is 0.921. The average molecular weight is 578 g/mol. The fraction of sp³-hybridized carbons (Fsp3) is 0.375. The van der Waals surface area contributed by atoms with Crippen LogP contribution in [0.15, 0.2) is 65.6 Å². The predicted octanol–water partition coefficient (Wildman–Crippen LogP) is 6.39. The van der Waals surface area contributed by atoms with Crippen LogP contribution in [0.2, 0.25) is 0 Å². The fourth-order valence-corrected chi connectivity index (χ4v) is 5.71. The summed E-state index contributed by atoms with van der Waals surface area (Å²) in [5.41, 5.74) is 4.02. The summed E-state index contributed by atoms with van der Waals surface area (Å²) in [4.78, 5) is 19.2. The molecule has 0 spiro atoms. The number of carboxylic acid groups (broad SMARTS) is 1. The standard InChI is InChI=1S/C32H39N3O5S/c1-5-34(6-2)17-18-39-25-14-12-24(13-15-25)32-33-26-10-7-8-11-27(26)35(32)16-9-19-41-30-20-23(3)28(21-29(30)38-4)40-22-31(36)37/h7-8,10-15,20-21H,5-6,9,16-19,22H2,1-4H3,(H,36,37). The number of hydrogen-bond donors (Lipinski definition) is 1. The molecule has 0 amide bonds. The van der Waals surface area contributed by atoms with Crippen LogP contribution in [0, 0.1) is 6.92 Å². The van der Waals surface area contributed by atoms with Gasteiger partial charge in [0.15, 0.2) is 6.61 Å². The van der Waals surface area contributed by atoms with Crippen molar-refractivity contribution in [3.05, 3.63) is 66.2 Å². The molecule has 0 aliphatic rings. The second kappa shape index (κ2) is 14.8. The van der Waals surface area contributed by atoms with Crippen LogP contribution in [0.3, 0.4) is 0 Å². The number of hydrogen-bond acceptors (Lipinski definition) is 7. The molecule has 0 atom stereocenters. The lowest BCUT2D eigenvalue weighted by atomic mass is 10.2. The van der Waals surface area contributed by atoms with Gasteiger partial charge in [0.2, 0.25) is 0 Å². The molecule has 1 aromatic heterocycles. The number of benzene rings is 3. The summed E-state index contributed by atoms with van der Waals surface area (Å²) >= 11 is 1.71. The fourth-order valence-electron chi connectivity index (χ4n) is 4.67. The Hall–Kier alpha value is -3.69. The third kappa shape index (κ3) is 7.95. The van der Waals surface area contributed by atoms with Gasteiger partial charge < -0.3 is 28.8 Å². The first-order chi connectivity index (χ1) is 19.9. The molecule has 4 aromatic rings. The number of carboxylic acids is 1. The molecule has 1 heterocycles. The molecule has 218 valence electrons. The number of carbonyl (C=O) groups is 1. The van der Waals surface area contributed by atoms with Crippen LogP contribution in [0.5, 0.6) is 17.2 Å². The quantitative estimate of drug-likeness (QED) is 0.121. The van der Waals surface area contributed by atoms with E-state index in [4.69, 9.17) is 24.3 Å². The number of ether oxygens (including phenoxy) is 3. The van der Waals surface area contributed by atoms with Gasteiger partial charge in [-0.1, -0.05) is 26.0 Å². The number of thioether (sulfide) groups is 1. The van der Waals surface area contributed by atoms with Crippen molar-refractivity contribution in [1.82, 2.24) is 14.5 Å². The van der Waals surface area contributed by atoms with Crippen LogP contribution >= 0.6 is 11.8 Å². The monoisotopic (exact) mass is 577 g/mol. The van der Waals surface area contributed by atoms with Crippen molar-refractivity contribution < 1.29 is 24.1 Å². The zero-order chi connectivity index (χ0) is 29.2. The third-order valence-corrected chi connectivity index (χ3v) is 8.06. The molecule has 9 heteroatoms. The molecule has 0 aliphatic heterocycles. The van der Waals surface area contributed by atoms with E-state index in [0.29, 0.717) is 18.1 Å². The number of imidazole rings is 1. The van der Waals surface area contributed by atoms with Gasteiger partial charge in [0.1, 0.15) is 29.7 Å². The zero-order valence-electron chi connectivity index (χ0n) is 24.3. The van der Waals surface area contributed by atoms with Crippen molar-refractivity contribution in [2.75, 3.05) is 45.7 Å². The highest BCUT2D eigenvalue weighted by molar-refractivity contribution is 7.99. The summed E-state index contributed by atoms with van der Waals surface area (Å²) in [7, 11) is 1.61. The van der Waals surface area contributed by atoms with Gasteiger partial charge in [-0.2, -0.15) is 0 Å². The highest BCUT2D eigenvalue weighted by Crippen LogP contribution is 2.36. The lowest BCUT2D eigenvalue weighted by Crippen LogP contribution is -2.27. The van der Waals surface area contributed by atoms with Gasteiger partial charge in [0.05, 0.1) is 18.1 Å². The number of fused-ring (bicyclic) bond motifs is 1. The number of nitrogens with zero attached hydrogens (tertiary/aromatic N) is 3. The summed E-state index contributed by atoms with van der Waals surface area (Å²) in [5, 5.41) is 8.93. The summed E-state index contributed by atoms with van der Waals surface area (Å²) in [6.45, 7) is 10.3. The largest absolute Gasteiger partial charge is 0.495 e. The highest BCUT2D eigenvalue weighted by Gasteiger charge is 2.14. The topological polar surface area (TPSA) is 86.0 Å². The number of aliphatic carboxylic acids is 1. The molecule has 8 nitrogen and oxygen atoms in total. The molecule has 0 bridgehead atoms. The van der Waals surface area contributed by atoms with E-state index in [0.717, 1.165) is 77.0 Å². The van der Waals surface area contributed by atoms with Crippen molar-refractivity contribution in [2.24, 2.45) is 0 Å². The van der Waals surface area contributed by atoms with Crippen molar-refractivity contribution in [1.29, 1.82) is 0 Å². The first-order valence-corrected chi connectivity index (χ1v) is 15.0. The maximum absolute atomic E-state index is 10.9. The zero-order valence-corrected chi connectivity index (χ0v) is 25.1. The number of aryl methyl sites for hydroxylation is 2. The molecule has 41 heavy (non-hydrogen) atoms. The van der Waals surface area contributed by atoms with E-state index in [-0.39, 0.29) is 6.61 Å². The van der Waals surface area contributed by atoms with E-state index in [1.807, 2.05) is 37.3 Å². The van der Waals surface area contributed by atoms with Crippen LogP contribution in [0.25, 0.3) is 22.4 Å². The molecule has 3 aromatic carbocycles. The number of aromatic nitrogens is 2. The Bertz CT molecular complexity index is 1430. The Morgan fingerprint density at radius 1 is 1.02 bits per heavy atom. The SMILES string of the molecule is CCN(CC)CCOc1ccc(-c2nc3ccccc3n2CCCSc2cc(C)c(OCC(=O)O)cc2OC)cc1. The highest BCUT2D eigenvalue weighted by atomic mass is 32.2. The van der Waals surface area contributed by atoms with Gasteiger partial charge in [0.25, 0.3) is 0 Å². The average Bonchev–Trinajstić information content (AvgIpc) is 3.35. The van der Waals surface area contributed by atoms with E-state index < -0.39 is 5.97 Å². The van der Waals surface area contributed by atoms with Crippen molar-refractivity contribution in [2.45, 2.75) is 38.6 Å². The van der Waals surface area contributed by atoms with Crippen LogP contribution in [-0.2, 0) is 11.3 Å². The Kier molecular flexibility index (Phi) is 10.9. The minimum absolute atomic E-state index is 0.385. The van der Waals surface area contributed by atoms with Crippen molar-refractivity contribution in [3.63, 3.8) is 0 Å².